The molecule has 6 nitrogen and oxygen atoms in total. The Hall–Kier alpha value is -3.20. The lowest BCUT2D eigenvalue weighted by molar-refractivity contribution is -0.113. The lowest BCUT2D eigenvalue weighted by Crippen LogP contribution is -2.16. The Morgan fingerprint density at radius 3 is 2.68 bits per heavy atom. The van der Waals surface area contributed by atoms with Crippen molar-refractivity contribution >= 4 is 23.4 Å². The molecule has 3 aromatic rings. The van der Waals surface area contributed by atoms with Crippen molar-refractivity contribution in [3.05, 3.63) is 78.1 Å². The minimum absolute atomic E-state index is 0.0285. The molecular formula is C22H22F2N4O2S. The normalized spacial score (nSPS) is 11.7. The average Bonchev–Trinajstić information content (AvgIpc) is 3.13. The van der Waals surface area contributed by atoms with E-state index in [9.17, 15) is 13.6 Å². The van der Waals surface area contributed by atoms with Crippen molar-refractivity contribution in [2.75, 3.05) is 11.1 Å². The van der Waals surface area contributed by atoms with E-state index in [2.05, 4.69) is 22.1 Å². The van der Waals surface area contributed by atoms with Gasteiger partial charge in [0.05, 0.1) is 11.4 Å². The highest BCUT2D eigenvalue weighted by Gasteiger charge is 2.20. The van der Waals surface area contributed by atoms with Crippen LogP contribution in [-0.4, -0.2) is 26.4 Å². The predicted molar refractivity (Wildman–Crippen MR) is 116 cm³/mol. The molecule has 0 bridgehead atoms. The van der Waals surface area contributed by atoms with E-state index in [1.54, 1.807) is 6.08 Å². The van der Waals surface area contributed by atoms with Crippen LogP contribution in [0.15, 0.2) is 60.3 Å². The van der Waals surface area contributed by atoms with E-state index < -0.39 is 17.5 Å². The first-order valence-electron chi connectivity index (χ1n) is 9.52. The molecule has 1 aromatic heterocycles. The van der Waals surface area contributed by atoms with Crippen molar-refractivity contribution in [1.82, 2.24) is 14.8 Å². The van der Waals surface area contributed by atoms with E-state index in [4.69, 9.17) is 4.74 Å². The number of anilines is 1. The van der Waals surface area contributed by atoms with E-state index in [1.165, 1.54) is 6.07 Å². The molecule has 0 fully saturated rings. The fourth-order valence-corrected chi connectivity index (χ4v) is 3.54. The predicted octanol–water partition coefficient (Wildman–Crippen LogP) is 4.92. The van der Waals surface area contributed by atoms with Crippen molar-refractivity contribution in [2.24, 2.45) is 0 Å². The molecule has 31 heavy (non-hydrogen) atoms. The zero-order chi connectivity index (χ0) is 22.4. The second kappa shape index (κ2) is 10.2. The monoisotopic (exact) mass is 444 g/mol. The quantitative estimate of drug-likeness (QED) is 0.375. The maximum atomic E-state index is 13.7. The number of carbonyl (C=O) groups excluding carboxylic acids is 1. The summed E-state index contributed by atoms with van der Waals surface area (Å²) < 4.78 is 34.5. The van der Waals surface area contributed by atoms with Gasteiger partial charge in [0.2, 0.25) is 5.91 Å². The van der Waals surface area contributed by atoms with Crippen LogP contribution >= 0.6 is 11.8 Å². The third-order valence-electron chi connectivity index (χ3n) is 4.29. The highest BCUT2D eigenvalue weighted by Crippen LogP contribution is 2.25. The Balaban J connectivity index is 1.67. The van der Waals surface area contributed by atoms with Crippen LogP contribution in [0.2, 0.25) is 0 Å². The van der Waals surface area contributed by atoms with E-state index in [0.717, 1.165) is 23.4 Å². The van der Waals surface area contributed by atoms with Crippen molar-refractivity contribution in [3.63, 3.8) is 0 Å². The number of allylic oxidation sites excluding steroid dienone is 1. The summed E-state index contributed by atoms with van der Waals surface area (Å²) in [4.78, 5) is 12.2. The molecule has 2 aromatic carbocycles. The van der Waals surface area contributed by atoms with Crippen LogP contribution < -0.4 is 10.1 Å². The first kappa shape index (κ1) is 22.5. The summed E-state index contributed by atoms with van der Waals surface area (Å²) in [6.45, 7) is 8.05. The fraction of sp³-hybridized carbons (Fsp3) is 0.227. The number of benzene rings is 2. The van der Waals surface area contributed by atoms with Crippen molar-refractivity contribution in [1.29, 1.82) is 0 Å². The van der Waals surface area contributed by atoms with E-state index in [0.29, 0.717) is 29.3 Å². The maximum Gasteiger partial charge on any atom is 0.234 e. The first-order chi connectivity index (χ1) is 14.9. The molecule has 0 aliphatic carbocycles. The number of rotatable bonds is 9. The molecule has 0 spiro atoms. The standard InChI is InChI=1S/C22H22F2N4O2S/c1-4-11-28-21(15(3)30-17-8-5-14(2)6-9-17)26-27-22(28)31-13-20(29)25-19-10-7-16(23)12-18(19)24/h4-10,12,15H,1,11,13H2,2-3H3,(H,25,29). The van der Waals surface area contributed by atoms with Crippen molar-refractivity contribution in [2.45, 2.75) is 31.7 Å². The Morgan fingerprint density at radius 1 is 1.26 bits per heavy atom. The second-order valence-corrected chi connectivity index (χ2v) is 7.72. The summed E-state index contributed by atoms with van der Waals surface area (Å²) in [5.41, 5.74) is 1.05. The summed E-state index contributed by atoms with van der Waals surface area (Å²) in [6, 6.07) is 10.7. The minimum atomic E-state index is -0.836. The van der Waals surface area contributed by atoms with Crippen LogP contribution in [0, 0.1) is 18.6 Å². The molecule has 1 N–H and O–H groups in total. The zero-order valence-electron chi connectivity index (χ0n) is 17.1. The third-order valence-corrected chi connectivity index (χ3v) is 5.26. The fourth-order valence-electron chi connectivity index (χ4n) is 2.79. The summed E-state index contributed by atoms with van der Waals surface area (Å²) in [7, 11) is 0. The van der Waals surface area contributed by atoms with Gasteiger partial charge < -0.3 is 10.1 Å². The second-order valence-electron chi connectivity index (χ2n) is 6.77. The lowest BCUT2D eigenvalue weighted by Gasteiger charge is -2.16. The molecule has 1 atom stereocenters. The molecule has 1 unspecified atom stereocenters. The van der Waals surface area contributed by atoms with Gasteiger partial charge in [-0.05, 0) is 38.1 Å². The van der Waals surface area contributed by atoms with Gasteiger partial charge in [0, 0.05) is 12.6 Å². The zero-order valence-corrected chi connectivity index (χ0v) is 18.0. The molecule has 0 radical (unpaired) electrons. The van der Waals surface area contributed by atoms with Gasteiger partial charge in [0.15, 0.2) is 17.1 Å². The van der Waals surface area contributed by atoms with Gasteiger partial charge in [-0.1, -0.05) is 35.5 Å². The highest BCUT2D eigenvalue weighted by atomic mass is 32.2. The van der Waals surface area contributed by atoms with Crippen LogP contribution in [0.4, 0.5) is 14.5 Å². The van der Waals surface area contributed by atoms with Crippen molar-refractivity contribution < 1.29 is 18.3 Å². The molecule has 9 heteroatoms. The molecule has 0 saturated heterocycles. The maximum absolute atomic E-state index is 13.7. The molecule has 1 heterocycles. The lowest BCUT2D eigenvalue weighted by atomic mass is 10.2. The first-order valence-corrected chi connectivity index (χ1v) is 10.5. The summed E-state index contributed by atoms with van der Waals surface area (Å²) in [6.07, 6.45) is 1.32. The van der Waals surface area contributed by atoms with Gasteiger partial charge in [0.1, 0.15) is 17.4 Å². The van der Waals surface area contributed by atoms with Gasteiger partial charge in [-0.2, -0.15) is 0 Å². The number of nitrogens with zero attached hydrogens (tertiary/aromatic N) is 3. The molecule has 162 valence electrons. The number of carbonyl (C=O) groups is 1. The van der Waals surface area contributed by atoms with Gasteiger partial charge >= 0.3 is 0 Å². The van der Waals surface area contributed by atoms with Crippen LogP contribution in [0.25, 0.3) is 0 Å². The number of thioether (sulfide) groups is 1. The van der Waals surface area contributed by atoms with Crippen LogP contribution in [-0.2, 0) is 11.3 Å². The summed E-state index contributed by atoms with van der Waals surface area (Å²) in [5.74, 6) is -0.725. The largest absolute Gasteiger partial charge is 0.483 e. The molecular weight excluding hydrogens is 422 g/mol. The van der Waals surface area contributed by atoms with E-state index in [1.807, 2.05) is 42.7 Å². The van der Waals surface area contributed by atoms with Crippen LogP contribution in [0.1, 0.15) is 24.4 Å². The minimum Gasteiger partial charge on any atom is -0.483 e. The average molecular weight is 445 g/mol. The molecule has 3 rings (SSSR count). The molecule has 1 amide bonds. The highest BCUT2D eigenvalue weighted by molar-refractivity contribution is 7.99. The van der Waals surface area contributed by atoms with E-state index >= 15 is 0 Å². The van der Waals surface area contributed by atoms with Crippen molar-refractivity contribution in [3.8, 4) is 5.75 Å². The van der Waals surface area contributed by atoms with Gasteiger partial charge in [0.25, 0.3) is 0 Å². The number of amides is 1. The SMILES string of the molecule is C=CCn1c(SCC(=O)Nc2ccc(F)cc2F)nnc1C(C)Oc1ccc(C)cc1. The Kier molecular flexibility index (Phi) is 7.41. The molecule has 0 aliphatic rings. The topological polar surface area (TPSA) is 69.0 Å². The Bertz CT molecular complexity index is 1070. The Morgan fingerprint density at radius 2 is 2.00 bits per heavy atom. The number of halogens is 2. The Labute approximate surface area is 183 Å². The summed E-state index contributed by atoms with van der Waals surface area (Å²) in [5, 5.41) is 11.3. The van der Waals surface area contributed by atoms with Crippen LogP contribution in [0.5, 0.6) is 5.75 Å². The number of hydrogen-bond donors (Lipinski definition) is 1. The van der Waals surface area contributed by atoms with Gasteiger partial charge in [-0.15, -0.1) is 16.8 Å². The molecule has 0 saturated carbocycles. The van der Waals surface area contributed by atoms with Gasteiger partial charge in [-0.3, -0.25) is 9.36 Å². The smallest absolute Gasteiger partial charge is 0.234 e. The third kappa shape index (κ3) is 5.91. The van der Waals surface area contributed by atoms with Gasteiger partial charge in [-0.25, -0.2) is 8.78 Å². The number of aryl methyl sites for hydroxylation is 1. The van der Waals surface area contributed by atoms with E-state index in [-0.39, 0.29) is 17.5 Å². The van der Waals surface area contributed by atoms with Crippen LogP contribution in [0.3, 0.4) is 0 Å². The number of aromatic nitrogens is 3. The number of nitrogens with one attached hydrogen (secondary N) is 1. The number of ether oxygens (including phenoxy) is 1. The number of hydrogen-bond acceptors (Lipinski definition) is 5. The summed E-state index contributed by atoms with van der Waals surface area (Å²) >= 11 is 1.15. The molecule has 0 aliphatic heterocycles.